The third kappa shape index (κ3) is 3.36. The van der Waals surface area contributed by atoms with E-state index >= 15 is 0 Å². The second-order valence-electron chi connectivity index (χ2n) is 5.52. The molecule has 1 atom stereocenters. The van der Waals surface area contributed by atoms with Crippen LogP contribution in [0.4, 0.5) is 0 Å². The molecule has 2 N–H and O–H groups in total. The fraction of sp³-hybridized carbons (Fsp3) is 0.158. The van der Waals surface area contributed by atoms with Gasteiger partial charge in [0.25, 0.3) is 5.91 Å². The van der Waals surface area contributed by atoms with Crippen LogP contribution in [-0.2, 0) is 0 Å². The van der Waals surface area contributed by atoms with Gasteiger partial charge in [0.2, 0.25) is 0 Å². The smallest absolute Gasteiger partial charge is 0.274 e. The molecule has 5 heteroatoms. The van der Waals surface area contributed by atoms with Gasteiger partial charge < -0.3 is 14.8 Å². The monoisotopic (exact) mass is 322 g/mol. The lowest BCUT2D eigenvalue weighted by atomic mass is 10.1. The van der Waals surface area contributed by atoms with E-state index in [1.54, 1.807) is 0 Å². The molecule has 3 rings (SSSR count). The van der Waals surface area contributed by atoms with Crippen LogP contribution in [0.1, 0.15) is 27.7 Å². The zero-order chi connectivity index (χ0) is 16.9. The Hall–Kier alpha value is -2.92. The first-order chi connectivity index (χ1) is 11.7. The summed E-state index contributed by atoms with van der Waals surface area (Å²) < 4.78 is 5.40. The number of carbonyl (C=O) groups is 1. The van der Waals surface area contributed by atoms with Gasteiger partial charge in [0.15, 0.2) is 17.8 Å². The maximum atomic E-state index is 12.6. The number of benzene rings is 2. The molecule has 1 aromatic heterocycles. The molecule has 1 amide bonds. The Bertz CT molecular complexity index is 810. The number of aliphatic hydroxyl groups is 1. The van der Waals surface area contributed by atoms with Gasteiger partial charge in [0.05, 0.1) is 12.6 Å². The lowest BCUT2D eigenvalue weighted by molar-refractivity contribution is 0.0912. The van der Waals surface area contributed by atoms with E-state index in [0.29, 0.717) is 5.76 Å². The number of oxazole rings is 1. The van der Waals surface area contributed by atoms with Crippen molar-refractivity contribution in [1.82, 2.24) is 10.3 Å². The Balaban J connectivity index is 1.83. The first-order valence-electron chi connectivity index (χ1n) is 7.66. The number of hydrogen-bond donors (Lipinski definition) is 2. The molecule has 1 heterocycles. The summed E-state index contributed by atoms with van der Waals surface area (Å²) in [5.74, 6) is 0.0273. The van der Waals surface area contributed by atoms with Crippen LogP contribution in [0.3, 0.4) is 0 Å². The van der Waals surface area contributed by atoms with Crippen LogP contribution >= 0.6 is 0 Å². The van der Waals surface area contributed by atoms with Crippen molar-refractivity contribution < 1.29 is 14.3 Å². The van der Waals surface area contributed by atoms with Crippen molar-refractivity contribution in [3.05, 3.63) is 77.8 Å². The molecule has 122 valence electrons. The number of aliphatic hydroxyl groups excluding tert-OH is 1. The van der Waals surface area contributed by atoms with Gasteiger partial charge in [0.1, 0.15) is 0 Å². The van der Waals surface area contributed by atoms with Gasteiger partial charge in [-0.15, -0.1) is 0 Å². The summed E-state index contributed by atoms with van der Waals surface area (Å²) in [4.78, 5) is 16.6. The standard InChI is InChI=1S/C19H18N2O3/c1-13-7-9-15(10-8-13)18-17(20-12-24-18)19(23)21-16(11-22)14-5-3-2-4-6-14/h2-10,12,16,22H,11H2,1H3,(H,21,23)/t16-/m1/s1. The van der Waals surface area contributed by atoms with Gasteiger partial charge in [-0.3, -0.25) is 4.79 Å². The average molecular weight is 322 g/mol. The maximum Gasteiger partial charge on any atom is 0.274 e. The summed E-state index contributed by atoms with van der Waals surface area (Å²) in [7, 11) is 0. The molecule has 0 saturated carbocycles. The van der Waals surface area contributed by atoms with Gasteiger partial charge in [0, 0.05) is 5.56 Å². The lowest BCUT2D eigenvalue weighted by Gasteiger charge is -2.16. The fourth-order valence-electron chi connectivity index (χ4n) is 2.46. The Kier molecular flexibility index (Phi) is 4.72. The molecule has 3 aromatic rings. The Morgan fingerprint density at radius 1 is 1.17 bits per heavy atom. The van der Waals surface area contributed by atoms with Gasteiger partial charge in [-0.2, -0.15) is 0 Å². The highest BCUT2D eigenvalue weighted by Crippen LogP contribution is 2.24. The third-order valence-corrected chi connectivity index (χ3v) is 3.79. The summed E-state index contributed by atoms with van der Waals surface area (Å²) in [5, 5.41) is 12.4. The molecule has 0 saturated heterocycles. The number of nitrogens with one attached hydrogen (secondary N) is 1. The van der Waals surface area contributed by atoms with Crippen molar-refractivity contribution in [3.8, 4) is 11.3 Å². The molecule has 24 heavy (non-hydrogen) atoms. The number of amides is 1. The average Bonchev–Trinajstić information content (AvgIpc) is 3.10. The van der Waals surface area contributed by atoms with Gasteiger partial charge >= 0.3 is 0 Å². The first kappa shape index (κ1) is 16.0. The zero-order valence-corrected chi connectivity index (χ0v) is 13.3. The van der Waals surface area contributed by atoms with Crippen LogP contribution in [-0.4, -0.2) is 22.6 Å². The number of aryl methyl sites for hydroxylation is 1. The van der Waals surface area contributed by atoms with E-state index in [2.05, 4.69) is 10.3 Å². The van der Waals surface area contributed by atoms with Crippen LogP contribution in [0.2, 0.25) is 0 Å². The van der Waals surface area contributed by atoms with E-state index in [-0.39, 0.29) is 18.2 Å². The van der Waals surface area contributed by atoms with Gasteiger partial charge in [-0.05, 0) is 12.5 Å². The van der Waals surface area contributed by atoms with E-state index in [1.165, 1.54) is 6.39 Å². The van der Waals surface area contributed by atoms with Crippen molar-refractivity contribution in [2.75, 3.05) is 6.61 Å². The molecular formula is C19H18N2O3. The quantitative estimate of drug-likeness (QED) is 0.757. The summed E-state index contributed by atoms with van der Waals surface area (Å²) in [5.41, 5.74) is 2.93. The fourth-order valence-corrected chi connectivity index (χ4v) is 2.46. The van der Waals surface area contributed by atoms with Crippen molar-refractivity contribution in [1.29, 1.82) is 0 Å². The summed E-state index contributed by atoms with van der Waals surface area (Å²) in [6, 6.07) is 16.5. The molecule has 0 aliphatic carbocycles. The summed E-state index contributed by atoms with van der Waals surface area (Å²) in [6.07, 6.45) is 1.25. The van der Waals surface area contributed by atoms with E-state index in [4.69, 9.17) is 4.42 Å². The van der Waals surface area contributed by atoms with Crippen LogP contribution in [0, 0.1) is 6.92 Å². The number of hydrogen-bond acceptors (Lipinski definition) is 4. The van der Waals surface area contributed by atoms with E-state index in [1.807, 2.05) is 61.5 Å². The Morgan fingerprint density at radius 2 is 1.88 bits per heavy atom. The number of nitrogens with zero attached hydrogens (tertiary/aromatic N) is 1. The van der Waals surface area contributed by atoms with Crippen molar-refractivity contribution in [3.63, 3.8) is 0 Å². The number of carbonyl (C=O) groups excluding carboxylic acids is 1. The molecular weight excluding hydrogens is 304 g/mol. The number of rotatable bonds is 5. The van der Waals surface area contributed by atoms with Crippen molar-refractivity contribution in [2.24, 2.45) is 0 Å². The topological polar surface area (TPSA) is 75.4 Å². The first-order valence-corrected chi connectivity index (χ1v) is 7.66. The minimum absolute atomic E-state index is 0.201. The SMILES string of the molecule is Cc1ccc(-c2ocnc2C(=O)N[C@H](CO)c2ccccc2)cc1. The molecule has 5 nitrogen and oxygen atoms in total. The van der Waals surface area contributed by atoms with Gasteiger partial charge in [-0.25, -0.2) is 4.98 Å². The lowest BCUT2D eigenvalue weighted by Crippen LogP contribution is -2.31. The minimum Gasteiger partial charge on any atom is -0.443 e. The normalized spacial score (nSPS) is 11.9. The van der Waals surface area contributed by atoms with E-state index in [9.17, 15) is 9.90 Å². The molecule has 0 aliphatic rings. The predicted octanol–water partition coefficient (Wildman–Crippen LogP) is 3.11. The number of aromatic nitrogens is 1. The molecule has 0 fully saturated rings. The van der Waals surface area contributed by atoms with Crippen molar-refractivity contribution >= 4 is 5.91 Å². The largest absolute Gasteiger partial charge is 0.443 e. The minimum atomic E-state index is -0.499. The second kappa shape index (κ2) is 7.10. The third-order valence-electron chi connectivity index (χ3n) is 3.79. The Morgan fingerprint density at radius 3 is 2.54 bits per heavy atom. The highest BCUT2D eigenvalue weighted by molar-refractivity contribution is 5.97. The molecule has 0 radical (unpaired) electrons. The summed E-state index contributed by atoms with van der Waals surface area (Å²) >= 11 is 0. The molecule has 0 aliphatic heterocycles. The molecule has 0 unspecified atom stereocenters. The van der Waals surface area contributed by atoms with Crippen molar-refractivity contribution in [2.45, 2.75) is 13.0 Å². The van der Waals surface area contributed by atoms with Gasteiger partial charge in [-0.1, -0.05) is 60.2 Å². The zero-order valence-electron chi connectivity index (χ0n) is 13.3. The predicted molar refractivity (Wildman–Crippen MR) is 90.4 cm³/mol. The molecule has 0 spiro atoms. The van der Waals surface area contributed by atoms with Crippen LogP contribution in [0.15, 0.2) is 65.4 Å². The summed E-state index contributed by atoms with van der Waals surface area (Å²) in [6.45, 7) is 1.79. The maximum absolute atomic E-state index is 12.6. The molecule has 0 bridgehead atoms. The molecule has 2 aromatic carbocycles. The highest BCUT2D eigenvalue weighted by Gasteiger charge is 2.21. The van der Waals surface area contributed by atoms with E-state index < -0.39 is 6.04 Å². The van der Waals surface area contributed by atoms with Crippen LogP contribution in [0.5, 0.6) is 0 Å². The van der Waals surface area contributed by atoms with E-state index in [0.717, 1.165) is 16.7 Å². The highest BCUT2D eigenvalue weighted by atomic mass is 16.3. The Labute approximate surface area is 140 Å². The van der Waals surface area contributed by atoms with Crippen LogP contribution in [0.25, 0.3) is 11.3 Å². The van der Waals surface area contributed by atoms with Crippen LogP contribution < -0.4 is 5.32 Å². The second-order valence-corrected chi connectivity index (χ2v) is 5.52.